The number of halogens is 2. The highest BCUT2D eigenvalue weighted by Crippen LogP contribution is 2.28. The number of rotatable bonds is 4. The molecule has 0 heterocycles. The highest BCUT2D eigenvalue weighted by molar-refractivity contribution is 9.10. The van der Waals surface area contributed by atoms with Gasteiger partial charge in [0.05, 0.1) is 6.10 Å². The van der Waals surface area contributed by atoms with E-state index in [2.05, 4.69) is 15.9 Å². The number of benzene rings is 2. The normalized spacial score (nSPS) is 12.2. The van der Waals surface area contributed by atoms with Gasteiger partial charge in [-0.15, -0.1) is 0 Å². The predicted molar refractivity (Wildman–Crippen MR) is 80.2 cm³/mol. The number of hydrogen-bond acceptors (Lipinski definition) is 2. The second-order valence-corrected chi connectivity index (χ2v) is 5.60. The van der Waals surface area contributed by atoms with E-state index in [0.29, 0.717) is 16.8 Å². The fourth-order valence-electron chi connectivity index (χ4n) is 1.91. The Kier molecular flexibility index (Phi) is 4.78. The zero-order valence-corrected chi connectivity index (χ0v) is 12.9. The van der Waals surface area contributed by atoms with E-state index in [1.165, 1.54) is 12.1 Å². The van der Waals surface area contributed by atoms with Gasteiger partial charge in [0.2, 0.25) is 0 Å². The highest BCUT2D eigenvalue weighted by Gasteiger charge is 2.10. The van der Waals surface area contributed by atoms with E-state index in [1.54, 1.807) is 13.0 Å². The molecule has 20 heavy (non-hydrogen) atoms. The molecule has 0 spiro atoms. The second-order valence-electron chi connectivity index (χ2n) is 4.74. The van der Waals surface area contributed by atoms with Gasteiger partial charge in [0.15, 0.2) is 0 Å². The van der Waals surface area contributed by atoms with Crippen molar-refractivity contribution in [3.63, 3.8) is 0 Å². The second kappa shape index (κ2) is 6.37. The van der Waals surface area contributed by atoms with Gasteiger partial charge in [0, 0.05) is 15.6 Å². The van der Waals surface area contributed by atoms with Gasteiger partial charge in [-0.2, -0.15) is 0 Å². The van der Waals surface area contributed by atoms with E-state index < -0.39 is 6.10 Å². The summed E-state index contributed by atoms with van der Waals surface area (Å²) in [4.78, 5) is 0. The monoisotopic (exact) mass is 338 g/mol. The first-order valence-electron chi connectivity index (χ1n) is 6.32. The van der Waals surface area contributed by atoms with Crippen molar-refractivity contribution < 1.29 is 14.2 Å². The fourth-order valence-corrected chi connectivity index (χ4v) is 2.37. The van der Waals surface area contributed by atoms with Crippen LogP contribution in [0.1, 0.15) is 29.7 Å². The van der Waals surface area contributed by atoms with E-state index >= 15 is 0 Å². The summed E-state index contributed by atoms with van der Waals surface area (Å²) in [7, 11) is 0. The minimum Gasteiger partial charge on any atom is -0.488 e. The average Bonchev–Trinajstić information content (AvgIpc) is 2.37. The van der Waals surface area contributed by atoms with Crippen LogP contribution in [-0.2, 0) is 6.61 Å². The number of aliphatic hydroxyl groups is 1. The summed E-state index contributed by atoms with van der Waals surface area (Å²) in [5.74, 6) is 0.358. The van der Waals surface area contributed by atoms with Gasteiger partial charge in [-0.25, -0.2) is 4.39 Å². The van der Waals surface area contributed by atoms with E-state index in [4.69, 9.17) is 4.74 Å². The Hall–Kier alpha value is -1.39. The Bertz CT molecular complexity index is 611. The first kappa shape index (κ1) is 15.0. The molecule has 2 aromatic carbocycles. The number of ether oxygens (including phenoxy) is 1. The van der Waals surface area contributed by atoms with Crippen LogP contribution in [0.25, 0.3) is 0 Å². The molecule has 0 aromatic heterocycles. The largest absolute Gasteiger partial charge is 0.488 e. The quantitative estimate of drug-likeness (QED) is 0.887. The third-order valence-electron chi connectivity index (χ3n) is 3.02. The van der Waals surface area contributed by atoms with Crippen LogP contribution < -0.4 is 4.74 Å². The van der Waals surface area contributed by atoms with Crippen molar-refractivity contribution in [1.29, 1.82) is 0 Å². The lowest BCUT2D eigenvalue weighted by Gasteiger charge is -2.15. The number of hydrogen-bond donors (Lipinski definition) is 1. The minimum absolute atomic E-state index is 0.291. The van der Waals surface area contributed by atoms with Crippen LogP contribution in [0.5, 0.6) is 5.75 Å². The van der Waals surface area contributed by atoms with E-state index in [0.717, 1.165) is 16.7 Å². The van der Waals surface area contributed by atoms with Gasteiger partial charge in [-0.1, -0.05) is 34.1 Å². The molecule has 0 saturated carbocycles. The minimum atomic E-state index is -0.595. The molecule has 1 atom stereocenters. The first-order valence-corrected chi connectivity index (χ1v) is 7.12. The smallest absolute Gasteiger partial charge is 0.125 e. The summed E-state index contributed by atoms with van der Waals surface area (Å²) in [6.07, 6.45) is -0.595. The maximum Gasteiger partial charge on any atom is 0.125 e. The number of aliphatic hydroxyl groups excluding tert-OH is 1. The van der Waals surface area contributed by atoms with Crippen LogP contribution in [0.15, 0.2) is 40.9 Å². The number of aryl methyl sites for hydroxylation is 1. The maximum atomic E-state index is 13.0. The standard InChI is InChI=1S/C16H16BrFO2/c1-10-3-6-14(11(2)19)16(7-10)20-9-12-4-5-13(18)8-15(12)17/h3-8,11,19H,9H2,1-2H3/t11-/m0/s1. The third kappa shape index (κ3) is 3.58. The van der Waals surface area contributed by atoms with Gasteiger partial charge >= 0.3 is 0 Å². The molecule has 2 nitrogen and oxygen atoms in total. The van der Waals surface area contributed by atoms with Crippen LogP contribution in [0.4, 0.5) is 4.39 Å². The molecule has 0 bridgehead atoms. The van der Waals surface area contributed by atoms with Gasteiger partial charge in [0.1, 0.15) is 18.2 Å². The Labute approximate surface area is 126 Å². The van der Waals surface area contributed by atoms with Gasteiger partial charge in [-0.05, 0) is 37.6 Å². The van der Waals surface area contributed by atoms with Crippen LogP contribution in [-0.4, -0.2) is 5.11 Å². The van der Waals surface area contributed by atoms with Crippen molar-refractivity contribution in [3.05, 3.63) is 63.4 Å². The Balaban J connectivity index is 2.20. The molecule has 2 aromatic rings. The van der Waals surface area contributed by atoms with Crippen LogP contribution in [0.2, 0.25) is 0 Å². The molecule has 0 aliphatic heterocycles. The predicted octanol–water partition coefficient (Wildman–Crippen LogP) is 4.53. The van der Waals surface area contributed by atoms with Gasteiger partial charge in [-0.3, -0.25) is 0 Å². The Morgan fingerprint density at radius 3 is 2.65 bits per heavy atom. The Morgan fingerprint density at radius 2 is 2.00 bits per heavy atom. The lowest BCUT2D eigenvalue weighted by atomic mass is 10.1. The molecule has 0 aliphatic rings. The van der Waals surface area contributed by atoms with Crippen molar-refractivity contribution in [1.82, 2.24) is 0 Å². The van der Waals surface area contributed by atoms with E-state index in [1.807, 2.05) is 25.1 Å². The zero-order chi connectivity index (χ0) is 14.7. The van der Waals surface area contributed by atoms with Gasteiger partial charge < -0.3 is 9.84 Å². The van der Waals surface area contributed by atoms with E-state index in [-0.39, 0.29) is 5.82 Å². The molecule has 2 rings (SSSR count). The lowest BCUT2D eigenvalue weighted by molar-refractivity contribution is 0.190. The van der Waals surface area contributed by atoms with E-state index in [9.17, 15) is 9.50 Å². The molecular weight excluding hydrogens is 323 g/mol. The zero-order valence-electron chi connectivity index (χ0n) is 11.4. The van der Waals surface area contributed by atoms with Crippen molar-refractivity contribution >= 4 is 15.9 Å². The summed E-state index contributed by atoms with van der Waals surface area (Å²) in [5, 5.41) is 9.74. The van der Waals surface area contributed by atoms with Crippen molar-refractivity contribution in [2.24, 2.45) is 0 Å². The topological polar surface area (TPSA) is 29.5 Å². The maximum absolute atomic E-state index is 13.0. The summed E-state index contributed by atoms with van der Waals surface area (Å²) in [5.41, 5.74) is 2.65. The van der Waals surface area contributed by atoms with Crippen LogP contribution in [0, 0.1) is 12.7 Å². The molecule has 0 aliphatic carbocycles. The van der Waals surface area contributed by atoms with Gasteiger partial charge in [0.25, 0.3) is 0 Å². The molecule has 0 amide bonds. The lowest BCUT2D eigenvalue weighted by Crippen LogP contribution is -2.02. The molecular formula is C16H16BrFO2. The summed E-state index contributed by atoms with van der Waals surface area (Å²) < 4.78 is 19.5. The molecule has 1 N–H and O–H groups in total. The summed E-state index contributed by atoms with van der Waals surface area (Å²) >= 11 is 3.31. The molecule has 106 valence electrons. The van der Waals surface area contributed by atoms with Crippen molar-refractivity contribution in [2.75, 3.05) is 0 Å². The van der Waals surface area contributed by atoms with Crippen molar-refractivity contribution in [2.45, 2.75) is 26.6 Å². The highest BCUT2D eigenvalue weighted by atomic mass is 79.9. The molecule has 0 unspecified atom stereocenters. The first-order chi connectivity index (χ1) is 9.47. The average molecular weight is 339 g/mol. The van der Waals surface area contributed by atoms with Crippen molar-refractivity contribution in [3.8, 4) is 5.75 Å². The molecule has 0 fully saturated rings. The Morgan fingerprint density at radius 1 is 1.25 bits per heavy atom. The van der Waals surface area contributed by atoms with Crippen LogP contribution in [0.3, 0.4) is 0 Å². The summed E-state index contributed by atoms with van der Waals surface area (Å²) in [6, 6.07) is 10.2. The third-order valence-corrected chi connectivity index (χ3v) is 3.76. The molecule has 4 heteroatoms. The fraction of sp³-hybridized carbons (Fsp3) is 0.250. The molecule has 0 radical (unpaired) electrons. The summed E-state index contributed by atoms with van der Waals surface area (Å²) in [6.45, 7) is 3.97. The SMILES string of the molecule is Cc1ccc([C@H](C)O)c(OCc2ccc(F)cc2Br)c1. The van der Waals surface area contributed by atoms with Crippen LogP contribution >= 0.6 is 15.9 Å². The molecule has 0 saturated heterocycles.